The molecule has 6 rings (SSSR count). The van der Waals surface area contributed by atoms with Crippen molar-refractivity contribution in [2.24, 2.45) is 0 Å². The lowest BCUT2D eigenvalue weighted by atomic mass is 9.65. The summed E-state index contributed by atoms with van der Waals surface area (Å²) in [6, 6.07) is 17.2. The highest BCUT2D eigenvalue weighted by Gasteiger charge is 2.47. The third-order valence-electron chi connectivity index (χ3n) is 7.32. The Morgan fingerprint density at radius 3 is 2.50 bits per heavy atom. The molecule has 2 aromatic carbocycles. The standard InChI is InChI=1S/C28H25FN4O2S/c1-20-4-10-26(11-5-20)36(34,35)32-14-12-22-15-27-21(16-28(22,19-32)23-3-2-13-30-18-23)17-31-33(27)25-8-6-24(29)7-9-25/h2-11,13,15,17-18H,12,14,16,19H2,1H3/t28-/m1/s1. The summed E-state index contributed by atoms with van der Waals surface area (Å²) in [5.74, 6) is -0.295. The summed E-state index contributed by atoms with van der Waals surface area (Å²) in [4.78, 5) is 4.67. The first-order valence-electron chi connectivity index (χ1n) is 11.9. The summed E-state index contributed by atoms with van der Waals surface area (Å²) < 4.78 is 44.2. The monoisotopic (exact) mass is 500 g/mol. The van der Waals surface area contributed by atoms with Crippen LogP contribution in [0.2, 0.25) is 0 Å². The number of hydrogen-bond acceptors (Lipinski definition) is 4. The number of hydrogen-bond donors (Lipinski definition) is 0. The van der Waals surface area contributed by atoms with Gasteiger partial charge in [-0.1, -0.05) is 29.3 Å². The number of benzene rings is 2. The van der Waals surface area contributed by atoms with Crippen LogP contribution in [0.25, 0.3) is 11.8 Å². The van der Waals surface area contributed by atoms with Gasteiger partial charge in [-0.05, 0) is 79.4 Å². The minimum atomic E-state index is -3.67. The smallest absolute Gasteiger partial charge is 0.243 e. The fourth-order valence-electron chi connectivity index (χ4n) is 5.39. The number of halogens is 1. The maximum absolute atomic E-state index is 13.7. The van der Waals surface area contributed by atoms with Gasteiger partial charge in [-0.2, -0.15) is 9.40 Å². The van der Waals surface area contributed by atoms with Gasteiger partial charge >= 0.3 is 0 Å². The van der Waals surface area contributed by atoms with E-state index in [2.05, 4.69) is 16.2 Å². The van der Waals surface area contributed by atoms with Gasteiger partial charge in [0, 0.05) is 30.9 Å². The van der Waals surface area contributed by atoms with E-state index in [-0.39, 0.29) is 5.82 Å². The van der Waals surface area contributed by atoms with E-state index >= 15 is 0 Å². The Kier molecular flexibility index (Phi) is 5.39. The van der Waals surface area contributed by atoms with Crippen molar-refractivity contribution in [3.05, 3.63) is 113 Å². The summed E-state index contributed by atoms with van der Waals surface area (Å²) in [5, 5.41) is 4.61. The number of sulfonamides is 1. The van der Waals surface area contributed by atoms with Crippen LogP contribution < -0.4 is 0 Å². The molecule has 0 saturated carbocycles. The van der Waals surface area contributed by atoms with Gasteiger partial charge in [-0.25, -0.2) is 17.5 Å². The lowest BCUT2D eigenvalue weighted by Crippen LogP contribution is -2.51. The Hall–Kier alpha value is -3.62. The summed E-state index contributed by atoms with van der Waals surface area (Å²) in [6.45, 7) is 2.66. The summed E-state index contributed by atoms with van der Waals surface area (Å²) >= 11 is 0. The normalized spacial score (nSPS) is 19.9. The fourth-order valence-corrected chi connectivity index (χ4v) is 6.90. The first-order chi connectivity index (χ1) is 17.4. The van der Waals surface area contributed by atoms with Crippen molar-refractivity contribution < 1.29 is 12.8 Å². The molecule has 182 valence electrons. The molecule has 36 heavy (non-hydrogen) atoms. The molecule has 1 aliphatic carbocycles. The maximum atomic E-state index is 13.7. The van der Waals surface area contributed by atoms with Crippen LogP contribution in [0.15, 0.2) is 89.7 Å². The van der Waals surface area contributed by atoms with E-state index in [0.717, 1.165) is 33.6 Å². The van der Waals surface area contributed by atoms with Gasteiger partial charge in [0.25, 0.3) is 0 Å². The SMILES string of the molecule is Cc1ccc(S(=O)(=O)N2CCC3=Cc4c(cnn4-c4ccc(F)cc4)C[C@@]3(c3cccnc3)C2)cc1. The van der Waals surface area contributed by atoms with Gasteiger partial charge in [-0.15, -0.1) is 0 Å². The van der Waals surface area contributed by atoms with Crippen molar-refractivity contribution in [3.8, 4) is 5.69 Å². The van der Waals surface area contributed by atoms with Crippen LogP contribution in [0, 0.1) is 12.7 Å². The first-order valence-corrected chi connectivity index (χ1v) is 13.3. The second-order valence-electron chi connectivity index (χ2n) is 9.52. The van der Waals surface area contributed by atoms with Crippen molar-refractivity contribution in [1.29, 1.82) is 0 Å². The molecule has 2 aliphatic rings. The number of rotatable bonds is 4. The van der Waals surface area contributed by atoms with Crippen LogP contribution in [-0.4, -0.2) is 40.6 Å². The predicted molar refractivity (Wildman–Crippen MR) is 136 cm³/mol. The van der Waals surface area contributed by atoms with Crippen molar-refractivity contribution in [1.82, 2.24) is 19.1 Å². The molecule has 1 atom stereocenters. The number of pyridine rings is 1. The molecule has 8 heteroatoms. The Balaban J connectivity index is 1.44. The maximum Gasteiger partial charge on any atom is 0.243 e. The molecule has 4 aromatic rings. The predicted octanol–water partition coefficient (Wildman–Crippen LogP) is 4.69. The van der Waals surface area contributed by atoms with Crippen LogP contribution >= 0.6 is 0 Å². The Bertz CT molecular complexity index is 1560. The van der Waals surface area contributed by atoms with Crippen molar-refractivity contribution >= 4 is 16.1 Å². The number of nitrogens with zero attached hydrogens (tertiary/aromatic N) is 4. The third kappa shape index (κ3) is 3.68. The van der Waals surface area contributed by atoms with Gasteiger partial charge in [0.15, 0.2) is 0 Å². The van der Waals surface area contributed by atoms with Gasteiger partial charge in [0.05, 0.1) is 22.5 Å². The lowest BCUT2D eigenvalue weighted by molar-refractivity contribution is 0.283. The number of fused-ring (bicyclic) bond motifs is 2. The molecular formula is C28H25FN4O2S. The van der Waals surface area contributed by atoms with E-state index in [1.54, 1.807) is 34.8 Å². The van der Waals surface area contributed by atoms with E-state index in [9.17, 15) is 12.8 Å². The molecule has 0 radical (unpaired) electrons. The minimum Gasteiger partial charge on any atom is -0.264 e. The Morgan fingerprint density at radius 1 is 1.00 bits per heavy atom. The van der Waals surface area contributed by atoms with Gasteiger partial charge in [0.1, 0.15) is 5.82 Å². The minimum absolute atomic E-state index is 0.295. The van der Waals surface area contributed by atoms with Crippen LogP contribution in [-0.2, 0) is 21.9 Å². The molecule has 1 fully saturated rings. The zero-order valence-electron chi connectivity index (χ0n) is 19.8. The molecular weight excluding hydrogens is 475 g/mol. The molecule has 0 bridgehead atoms. The van der Waals surface area contributed by atoms with Crippen molar-refractivity contribution in [2.75, 3.05) is 13.1 Å². The highest BCUT2D eigenvalue weighted by molar-refractivity contribution is 7.89. The average Bonchev–Trinajstić information content (AvgIpc) is 3.30. The van der Waals surface area contributed by atoms with Crippen LogP contribution in [0.3, 0.4) is 0 Å². The topological polar surface area (TPSA) is 68.1 Å². The Labute approximate surface area is 209 Å². The van der Waals surface area contributed by atoms with E-state index < -0.39 is 15.4 Å². The number of aromatic nitrogens is 3. The molecule has 1 aliphatic heterocycles. The second kappa shape index (κ2) is 8.50. The number of piperidine rings is 1. The summed E-state index contributed by atoms with van der Waals surface area (Å²) in [5.41, 5.74) is 5.36. The molecule has 6 nitrogen and oxygen atoms in total. The fraction of sp³-hybridized carbons (Fsp3) is 0.214. The quantitative estimate of drug-likeness (QED) is 0.408. The van der Waals surface area contributed by atoms with Gasteiger partial charge in [0.2, 0.25) is 10.0 Å². The van der Waals surface area contributed by atoms with Crippen LogP contribution in [0.4, 0.5) is 4.39 Å². The molecule has 0 amide bonds. The van der Waals surface area contributed by atoms with E-state index in [1.165, 1.54) is 12.1 Å². The Morgan fingerprint density at radius 2 is 1.78 bits per heavy atom. The summed E-state index contributed by atoms with van der Waals surface area (Å²) in [6.07, 6.45) is 8.73. The van der Waals surface area contributed by atoms with Gasteiger partial charge in [-0.3, -0.25) is 4.98 Å². The largest absolute Gasteiger partial charge is 0.264 e. The van der Waals surface area contributed by atoms with E-state index in [4.69, 9.17) is 0 Å². The van der Waals surface area contributed by atoms with Crippen molar-refractivity contribution in [2.45, 2.75) is 30.1 Å². The van der Waals surface area contributed by atoms with Gasteiger partial charge < -0.3 is 0 Å². The zero-order chi connectivity index (χ0) is 24.9. The highest BCUT2D eigenvalue weighted by Crippen LogP contribution is 2.47. The zero-order valence-corrected chi connectivity index (χ0v) is 20.6. The van der Waals surface area contributed by atoms with Crippen molar-refractivity contribution in [3.63, 3.8) is 0 Å². The average molecular weight is 501 g/mol. The molecule has 0 N–H and O–H groups in total. The van der Waals surface area contributed by atoms with Crippen LogP contribution in [0.5, 0.6) is 0 Å². The van der Waals surface area contributed by atoms with E-state index in [1.807, 2.05) is 48.3 Å². The molecule has 0 unspecified atom stereocenters. The molecule has 3 heterocycles. The molecule has 1 saturated heterocycles. The van der Waals surface area contributed by atoms with E-state index in [0.29, 0.717) is 30.8 Å². The molecule has 2 aromatic heterocycles. The molecule has 0 spiro atoms. The lowest BCUT2D eigenvalue weighted by Gasteiger charge is -2.46. The number of aryl methyl sites for hydroxylation is 1. The first kappa shape index (κ1) is 22.8. The third-order valence-corrected chi connectivity index (χ3v) is 9.18. The second-order valence-corrected chi connectivity index (χ2v) is 11.5. The van der Waals surface area contributed by atoms with Crippen LogP contribution in [0.1, 0.15) is 28.8 Å². The summed E-state index contributed by atoms with van der Waals surface area (Å²) in [7, 11) is -3.67. The highest BCUT2D eigenvalue weighted by atomic mass is 32.2.